The summed E-state index contributed by atoms with van der Waals surface area (Å²) in [6, 6.07) is 17.5. The molecule has 0 radical (unpaired) electrons. The summed E-state index contributed by atoms with van der Waals surface area (Å²) in [5.41, 5.74) is 10.1. The lowest BCUT2D eigenvalue weighted by Gasteiger charge is -2.21. The van der Waals surface area contributed by atoms with E-state index in [-0.39, 0.29) is 23.7 Å². The third-order valence-corrected chi connectivity index (χ3v) is 6.01. The zero-order valence-corrected chi connectivity index (χ0v) is 19.3. The van der Waals surface area contributed by atoms with Gasteiger partial charge in [0.15, 0.2) is 0 Å². The molecule has 35 heavy (non-hydrogen) atoms. The number of aromatic nitrogens is 1. The summed E-state index contributed by atoms with van der Waals surface area (Å²) in [7, 11) is 1.32. The van der Waals surface area contributed by atoms with Gasteiger partial charge in [0.1, 0.15) is 5.84 Å². The van der Waals surface area contributed by atoms with Crippen molar-refractivity contribution in [1.29, 1.82) is 5.41 Å². The number of pyridine rings is 1. The first-order valence-corrected chi connectivity index (χ1v) is 11.2. The number of hydrogen-bond donors (Lipinski definition) is 3. The van der Waals surface area contributed by atoms with Crippen molar-refractivity contribution < 1.29 is 14.3 Å². The normalized spacial score (nSPS) is 14.5. The summed E-state index contributed by atoms with van der Waals surface area (Å²) in [5, 5.41) is 7.67. The maximum Gasteiger partial charge on any atom is 0.335 e. The lowest BCUT2D eigenvalue weighted by Crippen LogP contribution is -2.29. The van der Waals surface area contributed by atoms with Crippen LogP contribution in [0.3, 0.4) is 0 Å². The van der Waals surface area contributed by atoms with Crippen molar-refractivity contribution in [3.05, 3.63) is 105 Å². The molecule has 0 saturated carbocycles. The number of nitrogens with two attached hydrogens (primary N) is 1. The molecule has 4 rings (SSSR count). The minimum atomic E-state index is -0.485. The molecule has 0 aliphatic carbocycles. The van der Waals surface area contributed by atoms with E-state index in [2.05, 4.69) is 4.98 Å². The van der Waals surface area contributed by atoms with Crippen LogP contribution >= 0.6 is 0 Å². The lowest BCUT2D eigenvalue weighted by molar-refractivity contribution is -0.136. The maximum atomic E-state index is 13.4. The number of ether oxygens (including phenoxy) is 1. The topological polar surface area (TPSA) is 129 Å². The Balaban J connectivity index is 1.63. The van der Waals surface area contributed by atoms with Crippen LogP contribution in [0.1, 0.15) is 34.3 Å². The van der Waals surface area contributed by atoms with Crippen LogP contribution in [0.4, 0.5) is 0 Å². The molecule has 1 aliphatic rings. The molecule has 3 aromatic rings. The number of rotatable bonds is 6. The number of H-pyrrole nitrogens is 1. The fourth-order valence-electron chi connectivity index (χ4n) is 4.23. The molecule has 8 heteroatoms. The highest BCUT2D eigenvalue weighted by Gasteiger charge is 2.30. The zero-order chi connectivity index (χ0) is 24.9. The Morgan fingerprint density at radius 1 is 1.06 bits per heavy atom. The van der Waals surface area contributed by atoms with Gasteiger partial charge in [-0.15, -0.1) is 0 Å². The van der Waals surface area contributed by atoms with Gasteiger partial charge in [0, 0.05) is 42.1 Å². The Hall–Kier alpha value is -4.46. The number of hydrogen-bond acceptors (Lipinski definition) is 5. The summed E-state index contributed by atoms with van der Waals surface area (Å²) < 4.78 is 5.05. The molecule has 1 fully saturated rings. The predicted molar refractivity (Wildman–Crippen MR) is 133 cm³/mol. The fourth-order valence-corrected chi connectivity index (χ4v) is 4.23. The second-order valence-electron chi connectivity index (χ2n) is 8.29. The van der Waals surface area contributed by atoms with Crippen molar-refractivity contribution in [2.24, 2.45) is 5.73 Å². The van der Waals surface area contributed by atoms with Crippen molar-refractivity contribution in [2.75, 3.05) is 13.7 Å². The van der Waals surface area contributed by atoms with Crippen LogP contribution in [-0.4, -0.2) is 41.3 Å². The lowest BCUT2D eigenvalue weighted by atomic mass is 9.99. The maximum absolute atomic E-state index is 13.4. The van der Waals surface area contributed by atoms with Crippen LogP contribution in [0.25, 0.3) is 11.1 Å². The summed E-state index contributed by atoms with van der Waals surface area (Å²) in [5.74, 6) is -0.729. The summed E-state index contributed by atoms with van der Waals surface area (Å²) in [6.45, 7) is 0.504. The second-order valence-corrected chi connectivity index (χ2v) is 8.29. The number of aromatic amines is 1. The number of amides is 1. The first kappa shape index (κ1) is 23.7. The van der Waals surface area contributed by atoms with E-state index in [0.717, 1.165) is 23.1 Å². The molecule has 2 aromatic carbocycles. The Labute approximate surface area is 202 Å². The minimum absolute atomic E-state index is 0.0536. The molecule has 0 spiro atoms. The van der Waals surface area contributed by atoms with Gasteiger partial charge < -0.3 is 20.4 Å². The van der Waals surface area contributed by atoms with Gasteiger partial charge in [-0.3, -0.25) is 15.0 Å². The molecule has 4 N–H and O–H groups in total. The average molecular weight is 471 g/mol. The van der Waals surface area contributed by atoms with Crippen molar-refractivity contribution in [2.45, 2.75) is 19.3 Å². The first-order chi connectivity index (χ1) is 16.9. The van der Waals surface area contributed by atoms with E-state index in [9.17, 15) is 14.4 Å². The number of carbonyl (C=O) groups is 2. The van der Waals surface area contributed by atoms with Gasteiger partial charge in [-0.25, -0.2) is 4.79 Å². The van der Waals surface area contributed by atoms with Crippen LogP contribution < -0.4 is 11.3 Å². The molecule has 178 valence electrons. The Bertz CT molecular complexity index is 1350. The molecule has 0 atom stereocenters. The monoisotopic (exact) mass is 470 g/mol. The van der Waals surface area contributed by atoms with Gasteiger partial charge in [0.05, 0.1) is 12.7 Å². The van der Waals surface area contributed by atoms with E-state index >= 15 is 0 Å². The average Bonchev–Trinajstić information content (AvgIpc) is 3.36. The number of nitrogens with zero attached hydrogens (tertiary/aromatic N) is 1. The summed E-state index contributed by atoms with van der Waals surface area (Å²) >= 11 is 0. The largest absolute Gasteiger partial charge is 0.466 e. The summed E-state index contributed by atoms with van der Waals surface area (Å²) in [6.07, 6.45) is 3.21. The van der Waals surface area contributed by atoms with Gasteiger partial charge in [-0.05, 0) is 53.8 Å². The van der Waals surface area contributed by atoms with Crippen molar-refractivity contribution >= 4 is 17.7 Å². The highest BCUT2D eigenvalue weighted by atomic mass is 16.5. The van der Waals surface area contributed by atoms with Crippen LogP contribution in [-0.2, 0) is 16.0 Å². The van der Waals surface area contributed by atoms with Crippen molar-refractivity contribution in [1.82, 2.24) is 9.88 Å². The fraction of sp³-hybridized carbons (Fsp3) is 0.185. The third kappa shape index (κ3) is 5.22. The third-order valence-electron chi connectivity index (χ3n) is 6.01. The van der Waals surface area contributed by atoms with Crippen molar-refractivity contribution in [3.8, 4) is 11.1 Å². The standard InChI is InChI=1S/C27H26N4O4/c1-35-27(34)22(15-17-4-2-5-20(14-17)25(28)29)23-6-3-13-31(23)26(33)19-9-7-18(8-10-19)21-11-12-24(32)30-16-21/h2,4-5,7-12,14,16H,3,6,13,15H2,1H3,(H3,28,29)(H,30,32). The van der Waals surface area contributed by atoms with Gasteiger partial charge >= 0.3 is 5.97 Å². The smallest absolute Gasteiger partial charge is 0.335 e. The number of amidine groups is 1. The SMILES string of the molecule is COC(=O)C(Cc1cccc(C(=N)N)c1)=C1CCCN1C(=O)c1ccc(-c2ccc(=O)[nH]c2)cc1. The molecule has 1 saturated heterocycles. The van der Waals surface area contributed by atoms with Gasteiger partial charge in [0.2, 0.25) is 5.56 Å². The van der Waals surface area contributed by atoms with E-state index in [1.165, 1.54) is 13.2 Å². The number of nitrogen functional groups attached to an aromatic ring is 1. The molecule has 2 heterocycles. The Morgan fingerprint density at radius 3 is 2.46 bits per heavy atom. The van der Waals surface area contributed by atoms with Crippen LogP contribution in [0.2, 0.25) is 0 Å². The van der Waals surface area contributed by atoms with E-state index < -0.39 is 5.97 Å². The van der Waals surface area contributed by atoms with Gasteiger partial charge in [-0.1, -0.05) is 30.3 Å². The highest BCUT2D eigenvalue weighted by molar-refractivity contribution is 5.98. The zero-order valence-electron chi connectivity index (χ0n) is 19.3. The van der Waals surface area contributed by atoms with Crippen molar-refractivity contribution in [3.63, 3.8) is 0 Å². The number of carbonyl (C=O) groups excluding carboxylic acids is 2. The van der Waals surface area contributed by atoms with E-state index in [4.69, 9.17) is 15.9 Å². The van der Waals surface area contributed by atoms with Gasteiger partial charge in [-0.2, -0.15) is 0 Å². The van der Waals surface area contributed by atoms with Crippen LogP contribution in [0, 0.1) is 5.41 Å². The molecular weight excluding hydrogens is 444 g/mol. The van der Waals surface area contributed by atoms with Crippen LogP contribution in [0.5, 0.6) is 0 Å². The molecule has 0 bridgehead atoms. The number of nitrogens with one attached hydrogen (secondary N) is 2. The second kappa shape index (κ2) is 10.2. The molecule has 1 aliphatic heterocycles. The molecule has 8 nitrogen and oxygen atoms in total. The summed E-state index contributed by atoms with van der Waals surface area (Å²) in [4.78, 5) is 41.7. The number of allylic oxidation sites excluding steroid dienone is 1. The molecule has 1 amide bonds. The number of benzene rings is 2. The molecule has 1 aromatic heterocycles. The van der Waals surface area contributed by atoms with E-state index in [1.807, 2.05) is 18.2 Å². The Morgan fingerprint density at radius 2 is 1.80 bits per heavy atom. The van der Waals surface area contributed by atoms with E-state index in [0.29, 0.717) is 35.4 Å². The highest BCUT2D eigenvalue weighted by Crippen LogP contribution is 2.29. The number of likely N-dealkylation sites (tertiary alicyclic amines) is 1. The van der Waals surface area contributed by atoms with Crippen LogP contribution in [0.15, 0.2) is 82.9 Å². The van der Waals surface area contributed by atoms with E-state index in [1.54, 1.807) is 47.5 Å². The molecule has 0 unspecified atom stereocenters. The number of esters is 1. The predicted octanol–water partition coefficient (Wildman–Crippen LogP) is 3.23. The molecular formula is C27H26N4O4. The Kier molecular flexibility index (Phi) is 6.91. The minimum Gasteiger partial charge on any atom is -0.466 e. The quantitative estimate of drug-likeness (QED) is 0.220. The van der Waals surface area contributed by atoms with Gasteiger partial charge in [0.25, 0.3) is 5.91 Å². The first-order valence-electron chi connectivity index (χ1n) is 11.2. The number of methoxy groups -OCH3 is 1.